The number of hydrogen-bond acceptors (Lipinski definition) is 10. The third-order valence-electron chi connectivity index (χ3n) is 5.70. The van der Waals surface area contributed by atoms with Crippen molar-refractivity contribution in [2.45, 2.75) is 75.5 Å². The number of carbonyl (C=O) groups is 5. The van der Waals surface area contributed by atoms with Crippen molar-refractivity contribution in [1.82, 2.24) is 21.3 Å². The molecule has 40 heavy (non-hydrogen) atoms. The molecule has 0 aromatic heterocycles. The third-order valence-corrected chi connectivity index (χ3v) is 6.09. The van der Waals surface area contributed by atoms with Crippen LogP contribution < -0.4 is 49.9 Å². The average Bonchev–Trinajstić information content (AvgIpc) is 2.91. The Morgan fingerprint density at radius 2 is 1.25 bits per heavy atom. The van der Waals surface area contributed by atoms with E-state index in [-0.39, 0.29) is 37.5 Å². The van der Waals surface area contributed by atoms with Gasteiger partial charge in [0.15, 0.2) is 5.96 Å². The van der Waals surface area contributed by atoms with Gasteiger partial charge in [0, 0.05) is 12.3 Å². The van der Waals surface area contributed by atoms with Crippen molar-refractivity contribution in [2.24, 2.45) is 33.7 Å². The van der Waals surface area contributed by atoms with E-state index in [9.17, 15) is 29.1 Å². The van der Waals surface area contributed by atoms with E-state index in [4.69, 9.17) is 28.7 Å². The third kappa shape index (κ3) is 16.7. The van der Waals surface area contributed by atoms with Crippen LogP contribution in [0.25, 0.3) is 0 Å². The Morgan fingerprint density at radius 1 is 0.750 bits per heavy atom. The molecule has 0 aliphatic carbocycles. The van der Waals surface area contributed by atoms with E-state index < -0.39 is 60.3 Å². The zero-order valence-electron chi connectivity index (χ0n) is 22.8. The van der Waals surface area contributed by atoms with Crippen molar-refractivity contribution in [1.29, 1.82) is 0 Å². The van der Waals surface area contributed by atoms with Crippen LogP contribution in [0.1, 0.15) is 51.4 Å². The van der Waals surface area contributed by atoms with Crippen molar-refractivity contribution in [3.8, 4) is 0 Å². The minimum atomic E-state index is -1.22. The second kappa shape index (κ2) is 21.6. The van der Waals surface area contributed by atoms with E-state index in [0.29, 0.717) is 45.2 Å². The fourth-order valence-electron chi connectivity index (χ4n) is 3.46. The number of carboxylic acids is 1. The molecule has 0 radical (unpaired) electrons. The Labute approximate surface area is 239 Å². The molecule has 17 heteroatoms. The summed E-state index contributed by atoms with van der Waals surface area (Å²) in [6.45, 7) is 0.501. The summed E-state index contributed by atoms with van der Waals surface area (Å²) in [6, 6.07) is -4.27. The van der Waals surface area contributed by atoms with Crippen molar-refractivity contribution in [3.63, 3.8) is 0 Å². The van der Waals surface area contributed by atoms with Crippen molar-refractivity contribution >= 4 is 48.2 Å². The molecule has 0 spiro atoms. The molecule has 0 unspecified atom stereocenters. The summed E-state index contributed by atoms with van der Waals surface area (Å²) < 4.78 is 0. The Bertz CT molecular complexity index is 843. The molecule has 0 heterocycles. The molecule has 230 valence electrons. The number of nitrogens with one attached hydrogen (secondary N) is 4. The highest BCUT2D eigenvalue weighted by atomic mass is 32.1. The van der Waals surface area contributed by atoms with Gasteiger partial charge in [0.25, 0.3) is 0 Å². The number of aliphatic imine (C=N–C) groups is 1. The lowest BCUT2D eigenvalue weighted by molar-refractivity contribution is -0.142. The van der Waals surface area contributed by atoms with Gasteiger partial charge in [-0.2, -0.15) is 12.6 Å². The first-order chi connectivity index (χ1) is 19.0. The highest BCUT2D eigenvalue weighted by Crippen LogP contribution is 2.07. The standard InChI is InChI=1S/C23H46N10O6S/c24-9-3-1-6-15(31-18(34)12-30-19(35)14(26)13-40)20(36)32-16(8-5-11-29-23(27)28)21(37)33-17(22(38)39)7-2-4-10-25/h14-17,40H,1-13,24-26H2,(H,30,35)(H,31,34)(H,32,36)(H,33,37)(H,38,39)(H4,27,28,29)/t14-,15-,16-,17-/m0/s1. The van der Waals surface area contributed by atoms with E-state index in [1.165, 1.54) is 0 Å². The van der Waals surface area contributed by atoms with Gasteiger partial charge in [-0.25, -0.2) is 4.79 Å². The highest BCUT2D eigenvalue weighted by Gasteiger charge is 2.29. The zero-order chi connectivity index (χ0) is 30.5. The van der Waals surface area contributed by atoms with E-state index in [1.807, 2.05) is 0 Å². The van der Waals surface area contributed by atoms with Crippen LogP contribution in [0.4, 0.5) is 0 Å². The Morgan fingerprint density at radius 3 is 1.75 bits per heavy atom. The number of carbonyl (C=O) groups excluding carboxylic acids is 4. The lowest BCUT2D eigenvalue weighted by Gasteiger charge is -2.25. The summed E-state index contributed by atoms with van der Waals surface area (Å²) in [5.41, 5.74) is 27.3. The van der Waals surface area contributed by atoms with Crippen LogP contribution in [-0.4, -0.2) is 96.8 Å². The maximum Gasteiger partial charge on any atom is 0.326 e. The molecule has 0 saturated heterocycles. The fraction of sp³-hybridized carbons (Fsp3) is 0.739. The number of aliphatic carboxylic acids is 1. The number of nitrogens with two attached hydrogens (primary N) is 5. The summed E-state index contributed by atoms with van der Waals surface area (Å²) >= 11 is 3.93. The largest absolute Gasteiger partial charge is 0.480 e. The van der Waals surface area contributed by atoms with Crippen LogP contribution in [0.15, 0.2) is 4.99 Å². The Kier molecular flexibility index (Phi) is 19.9. The quantitative estimate of drug-likeness (QED) is 0.0251. The molecule has 4 amide bonds. The Balaban J connectivity index is 5.57. The maximum absolute atomic E-state index is 13.2. The van der Waals surface area contributed by atoms with Gasteiger partial charge in [-0.3, -0.25) is 24.2 Å². The smallest absolute Gasteiger partial charge is 0.326 e. The molecule has 0 aromatic rings. The molecule has 0 aliphatic rings. The minimum absolute atomic E-state index is 0.0833. The highest BCUT2D eigenvalue weighted by molar-refractivity contribution is 7.80. The van der Waals surface area contributed by atoms with Crippen molar-refractivity contribution < 1.29 is 29.1 Å². The van der Waals surface area contributed by atoms with Crippen LogP contribution in [0, 0.1) is 0 Å². The van der Waals surface area contributed by atoms with E-state index in [2.05, 4.69) is 38.9 Å². The van der Waals surface area contributed by atoms with Gasteiger partial charge in [-0.1, -0.05) is 0 Å². The molecule has 0 fully saturated rings. The van der Waals surface area contributed by atoms with Crippen molar-refractivity contribution in [3.05, 3.63) is 0 Å². The van der Waals surface area contributed by atoms with Gasteiger partial charge in [0.2, 0.25) is 23.6 Å². The second-order valence-corrected chi connectivity index (χ2v) is 9.47. The SMILES string of the molecule is NCCCC[C@H](NC(=O)[C@H](CCCN=C(N)N)NC(=O)[C@H](CCCCN)NC(=O)CNC(=O)[C@@H](N)CS)C(=O)O. The topological polar surface area (TPSA) is 296 Å². The van der Waals surface area contributed by atoms with Crippen LogP contribution in [0.3, 0.4) is 0 Å². The van der Waals surface area contributed by atoms with Crippen LogP contribution in [0.5, 0.6) is 0 Å². The van der Waals surface area contributed by atoms with Gasteiger partial charge < -0.3 is 55.0 Å². The van der Waals surface area contributed by atoms with E-state index in [0.717, 1.165) is 0 Å². The molecule has 0 bridgehead atoms. The summed E-state index contributed by atoms with van der Waals surface area (Å²) in [6.07, 6.45) is 2.90. The summed E-state index contributed by atoms with van der Waals surface area (Å²) in [5, 5.41) is 19.5. The maximum atomic E-state index is 13.2. The van der Waals surface area contributed by atoms with Gasteiger partial charge in [-0.15, -0.1) is 0 Å². The molecule has 4 atom stereocenters. The zero-order valence-corrected chi connectivity index (χ0v) is 23.7. The predicted octanol–water partition coefficient (Wildman–Crippen LogP) is -3.79. The van der Waals surface area contributed by atoms with Gasteiger partial charge in [0.1, 0.15) is 18.1 Å². The first-order valence-corrected chi connectivity index (χ1v) is 13.8. The molecular formula is C23H46N10O6S. The lowest BCUT2D eigenvalue weighted by Crippen LogP contribution is -2.56. The fourth-order valence-corrected chi connectivity index (χ4v) is 3.62. The number of thiol groups is 1. The summed E-state index contributed by atoms with van der Waals surface area (Å²) in [4.78, 5) is 66.1. The molecule has 0 rings (SSSR count). The minimum Gasteiger partial charge on any atom is -0.480 e. The second-order valence-electron chi connectivity index (χ2n) is 9.11. The van der Waals surface area contributed by atoms with Crippen LogP contribution in [0.2, 0.25) is 0 Å². The monoisotopic (exact) mass is 590 g/mol. The first kappa shape index (κ1) is 36.8. The number of nitrogens with zero attached hydrogens (tertiary/aromatic N) is 1. The molecule has 16 nitrogen and oxygen atoms in total. The van der Waals surface area contributed by atoms with Gasteiger partial charge in [0.05, 0.1) is 12.6 Å². The first-order valence-electron chi connectivity index (χ1n) is 13.2. The van der Waals surface area contributed by atoms with Crippen molar-refractivity contribution in [2.75, 3.05) is 31.9 Å². The number of unbranched alkanes of at least 4 members (excludes halogenated alkanes) is 2. The van der Waals surface area contributed by atoms with Crippen LogP contribution in [-0.2, 0) is 24.0 Å². The molecule has 15 N–H and O–H groups in total. The van der Waals surface area contributed by atoms with E-state index >= 15 is 0 Å². The molecule has 0 aromatic carbocycles. The Hall–Kier alpha value is -3.15. The van der Waals surface area contributed by atoms with E-state index in [1.54, 1.807) is 0 Å². The van der Waals surface area contributed by atoms with Gasteiger partial charge in [-0.05, 0) is 64.5 Å². The number of guanidine groups is 1. The molecule has 0 saturated carbocycles. The van der Waals surface area contributed by atoms with Gasteiger partial charge >= 0.3 is 5.97 Å². The summed E-state index contributed by atoms with van der Waals surface area (Å²) in [7, 11) is 0. The molecule has 0 aliphatic heterocycles. The number of amides is 4. The molecular weight excluding hydrogens is 544 g/mol. The summed E-state index contributed by atoms with van der Waals surface area (Å²) in [5.74, 6) is -3.87. The van der Waals surface area contributed by atoms with Crippen LogP contribution >= 0.6 is 12.6 Å². The number of rotatable bonds is 22. The number of hydrogen-bond donors (Lipinski definition) is 11. The normalized spacial score (nSPS) is 13.7. The predicted molar refractivity (Wildman–Crippen MR) is 154 cm³/mol. The average molecular weight is 591 g/mol. The lowest BCUT2D eigenvalue weighted by atomic mass is 10.0. The number of carboxylic acid groups (broad SMARTS) is 1.